The van der Waals surface area contributed by atoms with Crippen LogP contribution in [0, 0.1) is 5.92 Å². The summed E-state index contributed by atoms with van der Waals surface area (Å²) in [7, 11) is 0. The number of hydrogen-bond donors (Lipinski definition) is 0. The van der Waals surface area contributed by atoms with E-state index in [1.54, 1.807) is 0 Å². The van der Waals surface area contributed by atoms with Crippen LogP contribution in [0.2, 0.25) is 0 Å². The predicted octanol–water partition coefficient (Wildman–Crippen LogP) is 5.60. The Balaban J connectivity index is 1.15. The van der Waals surface area contributed by atoms with Gasteiger partial charge >= 0.3 is 0 Å². The van der Waals surface area contributed by atoms with Gasteiger partial charge in [0.1, 0.15) is 5.82 Å². The summed E-state index contributed by atoms with van der Waals surface area (Å²) in [5.74, 6) is 1.91. The normalized spacial score (nSPS) is 16.8. The topological polar surface area (TPSA) is 38.1 Å². The van der Waals surface area contributed by atoms with Crippen molar-refractivity contribution in [2.45, 2.75) is 44.6 Å². The predicted molar refractivity (Wildman–Crippen MR) is 136 cm³/mol. The summed E-state index contributed by atoms with van der Waals surface area (Å²) in [5.41, 5.74) is 6.41. The van der Waals surface area contributed by atoms with E-state index in [1.807, 2.05) is 0 Å². The molecule has 172 valence electrons. The summed E-state index contributed by atoms with van der Waals surface area (Å²) in [6.07, 6.45) is 5.56. The third-order valence-corrected chi connectivity index (χ3v) is 7.66. The number of likely N-dealkylation sites (tertiary alicyclic amines) is 1. The molecule has 1 aliphatic carbocycles. The number of amides is 1. The van der Waals surface area contributed by atoms with E-state index in [0.29, 0.717) is 24.3 Å². The average Bonchev–Trinajstić information content (AvgIpc) is 3.45. The Kier molecular flexibility index (Phi) is 5.66. The fourth-order valence-electron chi connectivity index (χ4n) is 5.95. The number of nitrogens with zero attached hydrogens (tertiary/aromatic N) is 3. The third-order valence-electron chi connectivity index (χ3n) is 7.66. The zero-order chi connectivity index (χ0) is 22.9. The van der Waals surface area contributed by atoms with Gasteiger partial charge in [0.25, 0.3) is 0 Å². The highest BCUT2D eigenvalue weighted by atomic mass is 16.2. The zero-order valence-electron chi connectivity index (χ0n) is 19.6. The molecule has 1 aliphatic heterocycles. The summed E-state index contributed by atoms with van der Waals surface area (Å²) >= 11 is 0. The quantitative estimate of drug-likeness (QED) is 0.398. The Labute approximate surface area is 201 Å². The minimum Gasteiger partial charge on any atom is -0.343 e. The number of hydrogen-bond acceptors (Lipinski definition) is 2. The van der Waals surface area contributed by atoms with E-state index in [4.69, 9.17) is 4.98 Å². The molecule has 0 unspecified atom stereocenters. The summed E-state index contributed by atoms with van der Waals surface area (Å²) in [4.78, 5) is 20.2. The highest BCUT2D eigenvalue weighted by molar-refractivity contribution is 5.77. The second-order valence-corrected chi connectivity index (χ2v) is 9.91. The molecule has 4 heteroatoms. The molecular formula is C30H31N3O. The van der Waals surface area contributed by atoms with Gasteiger partial charge in [0, 0.05) is 32.0 Å². The van der Waals surface area contributed by atoms with Crippen molar-refractivity contribution in [2.24, 2.45) is 5.92 Å². The van der Waals surface area contributed by atoms with Crippen molar-refractivity contribution in [1.29, 1.82) is 0 Å². The number of piperidine rings is 1. The fraction of sp³-hybridized carbons (Fsp3) is 0.333. The van der Waals surface area contributed by atoms with Gasteiger partial charge in [-0.05, 0) is 60.4 Å². The van der Waals surface area contributed by atoms with Gasteiger partial charge in [-0.3, -0.25) is 4.79 Å². The van der Waals surface area contributed by atoms with Crippen molar-refractivity contribution in [3.8, 4) is 0 Å². The van der Waals surface area contributed by atoms with E-state index in [-0.39, 0.29) is 0 Å². The Morgan fingerprint density at radius 3 is 2.21 bits per heavy atom. The Hall–Kier alpha value is -3.40. The fourth-order valence-corrected chi connectivity index (χ4v) is 5.95. The van der Waals surface area contributed by atoms with Crippen LogP contribution >= 0.6 is 0 Å². The smallest absolute Gasteiger partial charge is 0.222 e. The lowest BCUT2D eigenvalue weighted by Gasteiger charge is -2.34. The summed E-state index contributed by atoms with van der Waals surface area (Å²) in [6, 6.07) is 28.1. The maximum Gasteiger partial charge on any atom is 0.222 e. The SMILES string of the molecule is O=C(CC1Cc2ccccc2C1)N1CCC(n2c(Cc3ccccc3)nc3ccccc32)CC1. The van der Waals surface area contributed by atoms with Crippen LogP contribution in [0.3, 0.4) is 0 Å². The first kappa shape index (κ1) is 21.2. The summed E-state index contributed by atoms with van der Waals surface area (Å²) < 4.78 is 2.46. The number of rotatable bonds is 5. The molecule has 0 radical (unpaired) electrons. The zero-order valence-corrected chi connectivity index (χ0v) is 19.6. The van der Waals surface area contributed by atoms with Crippen LogP contribution in [-0.2, 0) is 24.1 Å². The molecule has 0 atom stereocenters. The van der Waals surface area contributed by atoms with E-state index in [2.05, 4.69) is 88.3 Å². The second kappa shape index (κ2) is 9.09. The van der Waals surface area contributed by atoms with Crippen LogP contribution in [0.15, 0.2) is 78.9 Å². The van der Waals surface area contributed by atoms with Crippen LogP contribution in [0.25, 0.3) is 11.0 Å². The monoisotopic (exact) mass is 449 g/mol. The molecule has 0 saturated carbocycles. The van der Waals surface area contributed by atoms with Crippen molar-refractivity contribution >= 4 is 16.9 Å². The Morgan fingerprint density at radius 1 is 0.824 bits per heavy atom. The van der Waals surface area contributed by atoms with E-state index >= 15 is 0 Å². The lowest BCUT2D eigenvalue weighted by Crippen LogP contribution is -2.40. The molecule has 1 fully saturated rings. The van der Waals surface area contributed by atoms with E-state index in [9.17, 15) is 4.79 Å². The number of aromatic nitrogens is 2. The average molecular weight is 450 g/mol. The van der Waals surface area contributed by atoms with Crippen molar-refractivity contribution in [2.75, 3.05) is 13.1 Å². The molecule has 0 bridgehead atoms. The van der Waals surface area contributed by atoms with Gasteiger partial charge in [-0.1, -0.05) is 66.7 Å². The molecule has 1 amide bonds. The van der Waals surface area contributed by atoms with Crippen molar-refractivity contribution in [1.82, 2.24) is 14.5 Å². The maximum atomic E-state index is 13.1. The molecule has 0 N–H and O–H groups in total. The van der Waals surface area contributed by atoms with Crippen molar-refractivity contribution < 1.29 is 4.79 Å². The molecular weight excluding hydrogens is 418 g/mol. The standard InChI is InChI=1S/C30H31N3O/c34-30(21-23-18-24-10-4-5-11-25(24)19-23)32-16-14-26(15-17-32)33-28-13-7-6-12-27(28)31-29(33)20-22-8-2-1-3-9-22/h1-13,23,26H,14-21H2. The van der Waals surface area contributed by atoms with Crippen LogP contribution < -0.4 is 0 Å². The molecule has 4 nitrogen and oxygen atoms in total. The highest BCUT2D eigenvalue weighted by Gasteiger charge is 2.29. The van der Waals surface area contributed by atoms with Gasteiger partial charge in [-0.2, -0.15) is 0 Å². The van der Waals surface area contributed by atoms with E-state index < -0.39 is 0 Å². The molecule has 6 rings (SSSR count). The molecule has 1 saturated heterocycles. The van der Waals surface area contributed by atoms with Crippen LogP contribution in [0.1, 0.15) is 47.8 Å². The third kappa shape index (κ3) is 4.13. The maximum absolute atomic E-state index is 13.1. The van der Waals surface area contributed by atoms with E-state index in [0.717, 1.165) is 56.5 Å². The second-order valence-electron chi connectivity index (χ2n) is 9.91. The molecule has 1 aromatic heterocycles. The lowest BCUT2D eigenvalue weighted by molar-refractivity contribution is -0.133. The van der Waals surface area contributed by atoms with Gasteiger partial charge in [0.05, 0.1) is 11.0 Å². The first-order chi connectivity index (χ1) is 16.7. The number of para-hydroxylation sites is 2. The van der Waals surface area contributed by atoms with Gasteiger partial charge in [0.2, 0.25) is 5.91 Å². The van der Waals surface area contributed by atoms with Gasteiger partial charge in [-0.15, -0.1) is 0 Å². The number of benzene rings is 3. The Bertz CT molecular complexity index is 1280. The van der Waals surface area contributed by atoms with Gasteiger partial charge in [0.15, 0.2) is 0 Å². The number of fused-ring (bicyclic) bond motifs is 2. The van der Waals surface area contributed by atoms with Gasteiger partial charge < -0.3 is 9.47 Å². The Morgan fingerprint density at radius 2 is 1.47 bits per heavy atom. The van der Waals surface area contributed by atoms with E-state index in [1.165, 1.54) is 22.2 Å². The number of carbonyl (C=O) groups is 1. The van der Waals surface area contributed by atoms with Crippen molar-refractivity contribution in [3.63, 3.8) is 0 Å². The largest absolute Gasteiger partial charge is 0.343 e. The minimum absolute atomic E-state index is 0.330. The number of carbonyl (C=O) groups excluding carboxylic acids is 1. The lowest BCUT2D eigenvalue weighted by atomic mass is 9.99. The molecule has 0 spiro atoms. The van der Waals surface area contributed by atoms with Crippen LogP contribution in [0.5, 0.6) is 0 Å². The summed E-state index contributed by atoms with van der Waals surface area (Å²) in [5, 5.41) is 0. The summed E-state index contributed by atoms with van der Waals surface area (Å²) in [6.45, 7) is 1.67. The first-order valence-electron chi connectivity index (χ1n) is 12.6. The molecule has 3 aromatic carbocycles. The van der Waals surface area contributed by atoms with Gasteiger partial charge in [-0.25, -0.2) is 4.98 Å². The van der Waals surface area contributed by atoms with Crippen LogP contribution in [0.4, 0.5) is 0 Å². The molecule has 2 aliphatic rings. The first-order valence-corrected chi connectivity index (χ1v) is 12.6. The molecule has 34 heavy (non-hydrogen) atoms. The number of imidazole rings is 1. The minimum atomic E-state index is 0.330. The molecule has 4 aromatic rings. The molecule has 2 heterocycles. The van der Waals surface area contributed by atoms with Crippen LogP contribution in [-0.4, -0.2) is 33.4 Å². The highest BCUT2D eigenvalue weighted by Crippen LogP contribution is 2.32. The van der Waals surface area contributed by atoms with Crippen molar-refractivity contribution in [3.05, 3.63) is 101 Å².